The summed E-state index contributed by atoms with van der Waals surface area (Å²) in [4.78, 5) is 12.1. The molecule has 3 rings (SSSR count). The normalized spacial score (nSPS) is 10.4. The Labute approximate surface area is 147 Å². The first-order chi connectivity index (χ1) is 12.2. The van der Waals surface area contributed by atoms with Crippen LogP contribution in [0.1, 0.15) is 12.0 Å². The summed E-state index contributed by atoms with van der Waals surface area (Å²) in [6.45, 7) is 3.15. The number of benzene rings is 3. The molecule has 0 heterocycles. The number of rotatable bonds is 6. The minimum atomic E-state index is -0.202. The van der Waals surface area contributed by atoms with Gasteiger partial charge in [0.15, 0.2) is 0 Å². The molecule has 0 aliphatic carbocycles. The largest absolute Gasteiger partial charge is 0.493 e. The Morgan fingerprint density at radius 1 is 0.960 bits per heavy atom. The summed E-state index contributed by atoms with van der Waals surface area (Å²) in [6.07, 6.45) is 0.747. The smallest absolute Gasteiger partial charge is 0.319 e. The van der Waals surface area contributed by atoms with Crippen molar-refractivity contribution in [3.05, 3.63) is 72.3 Å². The van der Waals surface area contributed by atoms with Crippen molar-refractivity contribution in [3.8, 4) is 5.75 Å². The Morgan fingerprint density at radius 3 is 2.60 bits per heavy atom. The van der Waals surface area contributed by atoms with E-state index in [4.69, 9.17) is 4.74 Å². The fourth-order valence-electron chi connectivity index (χ4n) is 2.68. The summed E-state index contributed by atoms with van der Waals surface area (Å²) in [7, 11) is 0. The monoisotopic (exact) mass is 334 g/mol. The number of hydrogen-bond acceptors (Lipinski definition) is 2. The minimum absolute atomic E-state index is 0.202. The van der Waals surface area contributed by atoms with E-state index in [1.165, 1.54) is 0 Å². The molecule has 3 aromatic carbocycles. The second-order valence-electron chi connectivity index (χ2n) is 5.88. The van der Waals surface area contributed by atoms with Crippen LogP contribution < -0.4 is 15.4 Å². The van der Waals surface area contributed by atoms with Crippen molar-refractivity contribution >= 4 is 22.5 Å². The third-order valence-electron chi connectivity index (χ3n) is 4.00. The maximum absolute atomic E-state index is 12.1. The predicted octanol–water partition coefficient (Wildman–Crippen LogP) is 4.74. The number of ether oxygens (including phenoxy) is 1. The van der Waals surface area contributed by atoms with Gasteiger partial charge in [0.1, 0.15) is 5.75 Å². The number of amides is 2. The molecule has 0 saturated heterocycles. The standard InChI is InChI=1S/C21H22N2O2/c1-16-8-2-5-13-20(16)25-15-7-14-22-21(24)23-19-12-6-10-17-9-3-4-11-18(17)19/h2-6,8-13H,7,14-15H2,1H3,(H2,22,23,24). The molecule has 0 aliphatic heterocycles. The molecule has 2 amide bonds. The maximum Gasteiger partial charge on any atom is 0.319 e. The van der Waals surface area contributed by atoms with E-state index in [2.05, 4.69) is 10.6 Å². The second kappa shape index (κ2) is 8.20. The van der Waals surface area contributed by atoms with Gasteiger partial charge in [0, 0.05) is 11.9 Å². The van der Waals surface area contributed by atoms with Gasteiger partial charge >= 0.3 is 6.03 Å². The first-order valence-electron chi connectivity index (χ1n) is 8.45. The summed E-state index contributed by atoms with van der Waals surface area (Å²) in [5.74, 6) is 0.891. The third-order valence-corrected chi connectivity index (χ3v) is 4.00. The van der Waals surface area contributed by atoms with Crippen LogP contribution in [0, 0.1) is 6.92 Å². The molecule has 4 nitrogen and oxygen atoms in total. The quantitative estimate of drug-likeness (QED) is 0.640. The first-order valence-corrected chi connectivity index (χ1v) is 8.45. The van der Waals surface area contributed by atoms with E-state index in [1.807, 2.05) is 73.7 Å². The maximum atomic E-state index is 12.1. The van der Waals surface area contributed by atoms with Crippen molar-refractivity contribution in [2.75, 3.05) is 18.5 Å². The number of fused-ring (bicyclic) bond motifs is 1. The molecule has 3 aromatic rings. The molecule has 128 valence electrons. The van der Waals surface area contributed by atoms with Crippen LogP contribution >= 0.6 is 0 Å². The second-order valence-corrected chi connectivity index (χ2v) is 5.88. The van der Waals surface area contributed by atoms with Crippen molar-refractivity contribution in [1.29, 1.82) is 0 Å². The van der Waals surface area contributed by atoms with E-state index >= 15 is 0 Å². The lowest BCUT2D eigenvalue weighted by Crippen LogP contribution is -2.30. The fraction of sp³-hybridized carbons (Fsp3) is 0.190. The Kier molecular flexibility index (Phi) is 5.52. The highest BCUT2D eigenvalue weighted by Crippen LogP contribution is 2.22. The van der Waals surface area contributed by atoms with Crippen LogP contribution in [0.4, 0.5) is 10.5 Å². The topological polar surface area (TPSA) is 50.4 Å². The van der Waals surface area contributed by atoms with Gasteiger partial charge in [0.2, 0.25) is 0 Å². The zero-order valence-electron chi connectivity index (χ0n) is 14.3. The Morgan fingerprint density at radius 2 is 1.72 bits per heavy atom. The SMILES string of the molecule is Cc1ccccc1OCCCNC(=O)Nc1cccc2ccccc12. The summed E-state index contributed by atoms with van der Waals surface area (Å²) in [5, 5.41) is 7.91. The number of hydrogen-bond donors (Lipinski definition) is 2. The molecule has 0 atom stereocenters. The third kappa shape index (κ3) is 4.51. The van der Waals surface area contributed by atoms with E-state index in [0.29, 0.717) is 13.2 Å². The van der Waals surface area contributed by atoms with Crippen molar-refractivity contribution in [2.24, 2.45) is 0 Å². The average molecular weight is 334 g/mol. The lowest BCUT2D eigenvalue weighted by Gasteiger charge is -2.11. The lowest BCUT2D eigenvalue weighted by molar-refractivity contribution is 0.250. The molecular formula is C21H22N2O2. The van der Waals surface area contributed by atoms with Crippen LogP contribution in [-0.2, 0) is 0 Å². The summed E-state index contributed by atoms with van der Waals surface area (Å²) >= 11 is 0. The Hall–Kier alpha value is -3.01. The minimum Gasteiger partial charge on any atom is -0.493 e. The number of carbonyl (C=O) groups excluding carboxylic acids is 1. The molecule has 2 N–H and O–H groups in total. The molecule has 4 heteroatoms. The highest BCUT2D eigenvalue weighted by atomic mass is 16.5. The van der Waals surface area contributed by atoms with Gasteiger partial charge in [-0.3, -0.25) is 0 Å². The summed E-state index contributed by atoms with van der Waals surface area (Å²) in [6, 6.07) is 21.6. The zero-order chi connectivity index (χ0) is 17.5. The van der Waals surface area contributed by atoms with Gasteiger partial charge in [0.05, 0.1) is 12.3 Å². The highest BCUT2D eigenvalue weighted by Gasteiger charge is 2.05. The molecule has 0 spiro atoms. The lowest BCUT2D eigenvalue weighted by atomic mass is 10.1. The van der Waals surface area contributed by atoms with Crippen molar-refractivity contribution in [3.63, 3.8) is 0 Å². The molecule has 0 unspecified atom stereocenters. The molecule has 0 fully saturated rings. The number of nitrogens with one attached hydrogen (secondary N) is 2. The van der Waals surface area contributed by atoms with Crippen molar-refractivity contribution < 1.29 is 9.53 Å². The summed E-state index contributed by atoms with van der Waals surface area (Å²) < 4.78 is 5.72. The van der Waals surface area contributed by atoms with Crippen LogP contribution in [0.5, 0.6) is 5.75 Å². The van der Waals surface area contributed by atoms with Crippen molar-refractivity contribution in [2.45, 2.75) is 13.3 Å². The molecule has 0 aromatic heterocycles. The van der Waals surface area contributed by atoms with Gasteiger partial charge < -0.3 is 15.4 Å². The average Bonchev–Trinajstić information content (AvgIpc) is 2.63. The van der Waals surface area contributed by atoms with Crippen LogP contribution in [0.3, 0.4) is 0 Å². The number of urea groups is 1. The van der Waals surface area contributed by atoms with Crippen LogP contribution in [0.15, 0.2) is 66.7 Å². The van der Waals surface area contributed by atoms with Crippen LogP contribution in [0.2, 0.25) is 0 Å². The molecule has 0 radical (unpaired) electrons. The number of anilines is 1. The van der Waals surface area contributed by atoms with Gasteiger partial charge in [0.25, 0.3) is 0 Å². The van der Waals surface area contributed by atoms with Gasteiger partial charge in [-0.15, -0.1) is 0 Å². The van der Waals surface area contributed by atoms with E-state index in [-0.39, 0.29) is 6.03 Å². The van der Waals surface area contributed by atoms with E-state index < -0.39 is 0 Å². The van der Waals surface area contributed by atoms with Gasteiger partial charge in [-0.2, -0.15) is 0 Å². The first kappa shape index (κ1) is 16.8. The Balaban J connectivity index is 1.44. The van der Waals surface area contributed by atoms with Crippen molar-refractivity contribution in [1.82, 2.24) is 5.32 Å². The Bertz CT molecular complexity index is 856. The van der Waals surface area contributed by atoms with Gasteiger partial charge in [-0.25, -0.2) is 4.79 Å². The van der Waals surface area contributed by atoms with Crippen LogP contribution in [0.25, 0.3) is 10.8 Å². The van der Waals surface area contributed by atoms with E-state index in [0.717, 1.165) is 34.2 Å². The van der Waals surface area contributed by atoms with Gasteiger partial charge in [-0.05, 0) is 36.4 Å². The fourth-order valence-corrected chi connectivity index (χ4v) is 2.68. The van der Waals surface area contributed by atoms with E-state index in [1.54, 1.807) is 0 Å². The zero-order valence-corrected chi connectivity index (χ0v) is 14.3. The summed E-state index contributed by atoms with van der Waals surface area (Å²) in [5.41, 5.74) is 1.93. The predicted molar refractivity (Wildman–Crippen MR) is 102 cm³/mol. The molecular weight excluding hydrogens is 312 g/mol. The molecule has 25 heavy (non-hydrogen) atoms. The van der Waals surface area contributed by atoms with E-state index in [9.17, 15) is 4.79 Å². The molecule has 0 bridgehead atoms. The molecule has 0 saturated carbocycles. The molecule has 0 aliphatic rings. The number of carbonyl (C=O) groups is 1. The number of aryl methyl sites for hydroxylation is 1. The van der Waals surface area contributed by atoms with Gasteiger partial charge in [-0.1, -0.05) is 54.6 Å². The highest BCUT2D eigenvalue weighted by molar-refractivity contribution is 6.01. The number of para-hydroxylation sites is 1. The van der Waals surface area contributed by atoms with Crippen LogP contribution in [-0.4, -0.2) is 19.2 Å².